The maximum Gasteiger partial charge on any atom is 0.258 e. The molecule has 2 heterocycles. The van der Waals surface area contributed by atoms with E-state index in [1.54, 1.807) is 34.2 Å². The third-order valence-electron chi connectivity index (χ3n) is 5.57. The third kappa shape index (κ3) is 4.12. The lowest BCUT2D eigenvalue weighted by atomic mass is 9.93. The number of aromatic amines is 1. The van der Waals surface area contributed by atoms with Crippen molar-refractivity contribution in [2.45, 2.75) is 32.9 Å². The molecule has 1 aromatic heterocycles. The maximum absolute atomic E-state index is 13.2. The van der Waals surface area contributed by atoms with Crippen molar-refractivity contribution in [1.82, 2.24) is 19.8 Å². The van der Waals surface area contributed by atoms with Crippen LogP contribution in [0.3, 0.4) is 0 Å². The van der Waals surface area contributed by atoms with Crippen LogP contribution >= 0.6 is 0 Å². The molecule has 1 aliphatic heterocycles. The summed E-state index contributed by atoms with van der Waals surface area (Å²) < 4.78 is 0. The lowest BCUT2D eigenvalue weighted by Gasteiger charge is -2.33. The standard InChI is InChI=1S/C24H24N4O3/c1-3-27(15-22-25-20-11-7-6-10-19(20)24(31)26-22)23(30)14-21-18-9-5-4-8-17(18)12-13-28(21)16(2)29/h4-13,21H,3,14-15H2,1-2H3,(H,25,26,31)/t21-/m1/s1. The van der Waals surface area contributed by atoms with Gasteiger partial charge in [0.05, 0.1) is 29.9 Å². The summed E-state index contributed by atoms with van der Waals surface area (Å²) in [6, 6.07) is 14.5. The Bertz CT molecular complexity index is 1230. The topological polar surface area (TPSA) is 86.4 Å². The summed E-state index contributed by atoms with van der Waals surface area (Å²) in [6.07, 6.45) is 3.77. The SMILES string of the molecule is CCN(Cc1nc2ccccc2c(=O)[nH]1)C(=O)C[C@@H]1c2ccccc2C=CN1C(C)=O. The summed E-state index contributed by atoms with van der Waals surface area (Å²) >= 11 is 0. The van der Waals surface area contributed by atoms with Gasteiger partial charge in [-0.15, -0.1) is 0 Å². The summed E-state index contributed by atoms with van der Waals surface area (Å²) in [7, 11) is 0. The third-order valence-corrected chi connectivity index (χ3v) is 5.57. The van der Waals surface area contributed by atoms with Crippen molar-refractivity contribution in [2.75, 3.05) is 6.54 Å². The van der Waals surface area contributed by atoms with Crippen LogP contribution in [-0.2, 0) is 16.1 Å². The molecule has 0 unspecified atom stereocenters. The number of benzene rings is 2. The molecule has 0 radical (unpaired) electrons. The number of hydrogen-bond donors (Lipinski definition) is 1. The Hall–Kier alpha value is -3.74. The van der Waals surface area contributed by atoms with Crippen LogP contribution in [0.5, 0.6) is 0 Å². The van der Waals surface area contributed by atoms with Gasteiger partial charge in [-0.2, -0.15) is 0 Å². The molecule has 2 amide bonds. The van der Waals surface area contributed by atoms with E-state index in [-0.39, 0.29) is 36.4 Å². The number of carbonyl (C=O) groups is 2. The zero-order valence-corrected chi connectivity index (χ0v) is 17.5. The van der Waals surface area contributed by atoms with Crippen LogP contribution < -0.4 is 5.56 Å². The van der Waals surface area contributed by atoms with Gasteiger partial charge in [0.25, 0.3) is 5.56 Å². The second kappa shape index (κ2) is 8.55. The van der Waals surface area contributed by atoms with Crippen molar-refractivity contribution in [2.24, 2.45) is 0 Å². The molecule has 7 nitrogen and oxygen atoms in total. The number of para-hydroxylation sites is 1. The molecular formula is C24H24N4O3. The number of fused-ring (bicyclic) bond motifs is 2. The monoisotopic (exact) mass is 416 g/mol. The number of nitrogens with one attached hydrogen (secondary N) is 1. The van der Waals surface area contributed by atoms with Gasteiger partial charge < -0.3 is 14.8 Å². The zero-order chi connectivity index (χ0) is 22.0. The number of rotatable bonds is 5. The van der Waals surface area contributed by atoms with Crippen molar-refractivity contribution < 1.29 is 9.59 Å². The molecule has 0 fully saturated rings. The first-order valence-corrected chi connectivity index (χ1v) is 10.3. The minimum atomic E-state index is -0.371. The first kappa shape index (κ1) is 20.5. The van der Waals surface area contributed by atoms with Crippen LogP contribution in [0, 0.1) is 0 Å². The highest BCUT2D eigenvalue weighted by molar-refractivity contribution is 5.82. The van der Waals surface area contributed by atoms with E-state index >= 15 is 0 Å². The Kier molecular flexibility index (Phi) is 5.66. The Labute approximate surface area is 180 Å². The maximum atomic E-state index is 13.2. The van der Waals surface area contributed by atoms with Gasteiger partial charge in [0.2, 0.25) is 11.8 Å². The van der Waals surface area contributed by atoms with Crippen LogP contribution in [-0.4, -0.2) is 38.1 Å². The van der Waals surface area contributed by atoms with Gasteiger partial charge in [-0.25, -0.2) is 4.98 Å². The second-order valence-corrected chi connectivity index (χ2v) is 7.53. The number of H-pyrrole nitrogens is 1. The van der Waals surface area contributed by atoms with Crippen LogP contribution in [0.4, 0.5) is 0 Å². The Morgan fingerprint density at radius 2 is 1.87 bits per heavy atom. The molecule has 31 heavy (non-hydrogen) atoms. The van der Waals surface area contributed by atoms with Gasteiger partial charge in [-0.1, -0.05) is 36.4 Å². The summed E-state index contributed by atoms with van der Waals surface area (Å²) in [5.74, 6) is 0.207. The average Bonchev–Trinajstić information content (AvgIpc) is 2.77. The van der Waals surface area contributed by atoms with Crippen molar-refractivity contribution >= 4 is 28.8 Å². The fourth-order valence-electron chi connectivity index (χ4n) is 3.97. The fourth-order valence-corrected chi connectivity index (χ4v) is 3.97. The highest BCUT2D eigenvalue weighted by atomic mass is 16.2. The molecule has 0 saturated carbocycles. The lowest BCUT2D eigenvalue weighted by molar-refractivity contribution is -0.135. The molecule has 1 aliphatic rings. The Morgan fingerprint density at radius 1 is 1.13 bits per heavy atom. The largest absolute Gasteiger partial charge is 0.335 e. The van der Waals surface area contributed by atoms with Crippen LogP contribution in [0.25, 0.3) is 17.0 Å². The number of carbonyl (C=O) groups excluding carboxylic acids is 2. The lowest BCUT2D eigenvalue weighted by Crippen LogP contribution is -2.37. The van der Waals surface area contributed by atoms with Crippen molar-refractivity contribution in [3.05, 3.63) is 82.0 Å². The first-order valence-electron chi connectivity index (χ1n) is 10.3. The van der Waals surface area contributed by atoms with E-state index < -0.39 is 0 Å². The molecule has 0 bridgehead atoms. The molecule has 0 spiro atoms. The van der Waals surface area contributed by atoms with E-state index in [1.807, 2.05) is 43.3 Å². The van der Waals surface area contributed by atoms with Gasteiger partial charge >= 0.3 is 0 Å². The summed E-state index contributed by atoms with van der Waals surface area (Å²) in [4.78, 5) is 48.3. The molecule has 158 valence electrons. The van der Waals surface area contributed by atoms with Gasteiger partial charge in [-0.3, -0.25) is 14.4 Å². The minimum Gasteiger partial charge on any atom is -0.335 e. The summed E-state index contributed by atoms with van der Waals surface area (Å²) in [5, 5.41) is 0.517. The fraction of sp³-hybridized carbons (Fsp3) is 0.250. The van der Waals surface area contributed by atoms with E-state index in [0.717, 1.165) is 11.1 Å². The summed E-state index contributed by atoms with van der Waals surface area (Å²) in [5.41, 5.74) is 2.32. The average molecular weight is 416 g/mol. The van der Waals surface area contributed by atoms with Gasteiger partial charge in [-0.05, 0) is 36.3 Å². The van der Waals surface area contributed by atoms with Crippen molar-refractivity contribution in [1.29, 1.82) is 0 Å². The molecule has 7 heteroatoms. The molecule has 1 atom stereocenters. The first-order chi connectivity index (χ1) is 15.0. The number of aromatic nitrogens is 2. The van der Waals surface area contributed by atoms with Crippen LogP contribution in [0.1, 0.15) is 43.3 Å². The number of amides is 2. The smallest absolute Gasteiger partial charge is 0.258 e. The second-order valence-electron chi connectivity index (χ2n) is 7.53. The predicted molar refractivity (Wildman–Crippen MR) is 119 cm³/mol. The van der Waals surface area contributed by atoms with Crippen LogP contribution in [0.15, 0.2) is 59.5 Å². The number of nitrogens with zero attached hydrogens (tertiary/aromatic N) is 3. The van der Waals surface area contributed by atoms with Crippen molar-refractivity contribution in [3.8, 4) is 0 Å². The Balaban J connectivity index is 1.58. The van der Waals surface area contributed by atoms with Gasteiger partial charge in [0.1, 0.15) is 5.82 Å². The molecule has 4 rings (SSSR count). The normalized spacial score (nSPS) is 15.0. The highest BCUT2D eigenvalue weighted by Gasteiger charge is 2.29. The molecule has 1 N–H and O–H groups in total. The van der Waals surface area contributed by atoms with Crippen LogP contribution in [0.2, 0.25) is 0 Å². The van der Waals surface area contributed by atoms with Crippen molar-refractivity contribution in [3.63, 3.8) is 0 Å². The Morgan fingerprint density at radius 3 is 2.65 bits per heavy atom. The van der Waals surface area contributed by atoms with Gasteiger partial charge in [0, 0.05) is 19.7 Å². The van der Waals surface area contributed by atoms with E-state index in [0.29, 0.717) is 23.3 Å². The molecule has 0 aliphatic carbocycles. The zero-order valence-electron chi connectivity index (χ0n) is 17.5. The molecular weight excluding hydrogens is 392 g/mol. The minimum absolute atomic E-state index is 0.111. The van der Waals surface area contributed by atoms with E-state index in [9.17, 15) is 14.4 Å². The van der Waals surface area contributed by atoms with E-state index in [4.69, 9.17) is 0 Å². The van der Waals surface area contributed by atoms with E-state index in [1.165, 1.54) is 6.92 Å². The molecule has 3 aromatic rings. The quantitative estimate of drug-likeness (QED) is 0.692. The highest BCUT2D eigenvalue weighted by Crippen LogP contribution is 2.33. The predicted octanol–water partition coefficient (Wildman–Crippen LogP) is 3.24. The molecule has 0 saturated heterocycles. The number of hydrogen-bond acceptors (Lipinski definition) is 4. The molecule has 2 aromatic carbocycles. The van der Waals surface area contributed by atoms with E-state index in [2.05, 4.69) is 9.97 Å². The summed E-state index contributed by atoms with van der Waals surface area (Å²) in [6.45, 7) is 4.03. The van der Waals surface area contributed by atoms with Gasteiger partial charge in [0.15, 0.2) is 0 Å².